The Morgan fingerprint density at radius 2 is 2.29 bits per heavy atom. The number of hydrogen-bond donors (Lipinski definition) is 1. The predicted octanol–water partition coefficient (Wildman–Crippen LogP) is 1.80. The molecule has 1 saturated heterocycles. The summed E-state index contributed by atoms with van der Waals surface area (Å²) in [5.41, 5.74) is 0.688. The van der Waals surface area contributed by atoms with E-state index in [0.717, 1.165) is 0 Å². The van der Waals surface area contributed by atoms with E-state index in [1.807, 2.05) is 0 Å². The first-order valence-electron chi connectivity index (χ1n) is 5.48. The monoisotopic (exact) mass is 260 g/mol. The summed E-state index contributed by atoms with van der Waals surface area (Å²) in [5, 5.41) is 10.0. The largest absolute Gasteiger partial charge is 0.390 e. The highest BCUT2D eigenvalue weighted by Crippen LogP contribution is 2.18. The van der Waals surface area contributed by atoms with E-state index in [0.29, 0.717) is 31.8 Å². The van der Waals surface area contributed by atoms with Crippen LogP contribution in [0.1, 0.15) is 5.56 Å². The van der Waals surface area contributed by atoms with Gasteiger partial charge in [0.15, 0.2) is 0 Å². The molecule has 0 aliphatic carbocycles. The zero-order valence-corrected chi connectivity index (χ0v) is 9.99. The summed E-state index contributed by atoms with van der Waals surface area (Å²) in [4.78, 5) is 0. The summed E-state index contributed by atoms with van der Waals surface area (Å²) in [6, 6.07) is 4.50. The Balaban J connectivity index is 1.96. The van der Waals surface area contributed by atoms with Gasteiger partial charge in [-0.15, -0.1) is 0 Å². The molecule has 1 aromatic rings. The molecule has 1 N–H and O–H groups in total. The van der Waals surface area contributed by atoms with Crippen molar-refractivity contribution in [1.29, 1.82) is 0 Å². The van der Waals surface area contributed by atoms with Gasteiger partial charge >= 0.3 is 0 Å². The van der Waals surface area contributed by atoms with Gasteiger partial charge in [0.05, 0.1) is 30.9 Å². The van der Waals surface area contributed by atoms with Gasteiger partial charge in [-0.3, -0.25) is 0 Å². The van der Waals surface area contributed by atoms with Crippen molar-refractivity contribution < 1.29 is 19.0 Å². The molecule has 0 bridgehead atoms. The lowest BCUT2D eigenvalue weighted by Gasteiger charge is -2.27. The maximum absolute atomic E-state index is 13.2. The fourth-order valence-electron chi connectivity index (χ4n) is 1.77. The van der Waals surface area contributed by atoms with Crippen molar-refractivity contribution in [3.63, 3.8) is 0 Å². The maximum atomic E-state index is 13.2. The van der Waals surface area contributed by atoms with E-state index in [1.165, 1.54) is 12.1 Å². The lowest BCUT2D eigenvalue weighted by atomic mass is 10.0. The molecule has 94 valence electrons. The van der Waals surface area contributed by atoms with Crippen molar-refractivity contribution in [2.75, 3.05) is 19.8 Å². The molecule has 0 aromatic heterocycles. The normalized spacial score (nSPS) is 22.4. The minimum absolute atomic E-state index is 0.0838. The third kappa shape index (κ3) is 3.39. The Labute approximate surface area is 104 Å². The van der Waals surface area contributed by atoms with Gasteiger partial charge in [-0.05, 0) is 17.7 Å². The minimum atomic E-state index is -0.698. The first kappa shape index (κ1) is 12.8. The number of rotatable bonds is 3. The van der Waals surface area contributed by atoms with Crippen LogP contribution in [0.25, 0.3) is 0 Å². The summed E-state index contributed by atoms with van der Waals surface area (Å²) in [6.45, 7) is 1.41. The highest BCUT2D eigenvalue weighted by molar-refractivity contribution is 6.30. The number of hydrogen-bond acceptors (Lipinski definition) is 3. The van der Waals surface area contributed by atoms with Crippen molar-refractivity contribution in [2.24, 2.45) is 0 Å². The lowest BCUT2D eigenvalue weighted by Crippen LogP contribution is -2.39. The van der Waals surface area contributed by atoms with Crippen LogP contribution in [0, 0.1) is 5.82 Å². The molecule has 2 atom stereocenters. The number of benzene rings is 1. The summed E-state index contributed by atoms with van der Waals surface area (Å²) >= 11 is 5.58. The zero-order valence-electron chi connectivity index (χ0n) is 9.23. The Bertz CT molecular complexity index is 380. The molecule has 1 aliphatic rings. The van der Waals surface area contributed by atoms with Crippen LogP contribution in [0.5, 0.6) is 0 Å². The average Bonchev–Trinajstić information content (AvgIpc) is 2.35. The summed E-state index contributed by atoms with van der Waals surface area (Å²) in [7, 11) is 0. The van der Waals surface area contributed by atoms with Gasteiger partial charge in [0.1, 0.15) is 11.9 Å². The maximum Gasteiger partial charge on any atom is 0.142 e. The Morgan fingerprint density at radius 3 is 2.94 bits per heavy atom. The minimum Gasteiger partial charge on any atom is -0.390 e. The second kappa shape index (κ2) is 5.78. The topological polar surface area (TPSA) is 38.7 Å². The van der Waals surface area contributed by atoms with Crippen LogP contribution in [0.3, 0.4) is 0 Å². The molecular weight excluding hydrogens is 247 g/mol. The Kier molecular flexibility index (Phi) is 4.34. The lowest BCUT2D eigenvalue weighted by molar-refractivity contribution is -0.131. The second-order valence-corrected chi connectivity index (χ2v) is 4.41. The van der Waals surface area contributed by atoms with Gasteiger partial charge in [0.25, 0.3) is 0 Å². The standard InChI is InChI=1S/C12H14ClFO3/c13-9-2-1-8(5-10(9)14)6-11(15)12-7-16-3-4-17-12/h1-2,5,11-12,15H,3-4,6-7H2. The van der Waals surface area contributed by atoms with Gasteiger partial charge in [-0.1, -0.05) is 17.7 Å². The molecule has 5 heteroatoms. The number of ether oxygens (including phenoxy) is 2. The summed E-state index contributed by atoms with van der Waals surface area (Å²) in [5.74, 6) is -0.475. The molecule has 0 spiro atoms. The molecule has 1 aliphatic heterocycles. The molecule has 1 aromatic carbocycles. The number of aliphatic hydroxyl groups is 1. The van der Waals surface area contributed by atoms with Crippen LogP contribution in [-0.2, 0) is 15.9 Å². The molecule has 3 nitrogen and oxygen atoms in total. The van der Waals surface area contributed by atoms with E-state index in [9.17, 15) is 9.50 Å². The third-order valence-corrected chi connectivity index (χ3v) is 3.01. The Morgan fingerprint density at radius 1 is 1.47 bits per heavy atom. The van der Waals surface area contributed by atoms with Gasteiger partial charge < -0.3 is 14.6 Å². The van der Waals surface area contributed by atoms with E-state index >= 15 is 0 Å². The molecular formula is C12H14ClFO3. The van der Waals surface area contributed by atoms with Crippen LogP contribution in [-0.4, -0.2) is 37.1 Å². The van der Waals surface area contributed by atoms with E-state index in [4.69, 9.17) is 21.1 Å². The quantitative estimate of drug-likeness (QED) is 0.901. The van der Waals surface area contributed by atoms with Gasteiger partial charge in [-0.2, -0.15) is 0 Å². The molecule has 0 radical (unpaired) electrons. The third-order valence-electron chi connectivity index (χ3n) is 2.70. The molecule has 0 saturated carbocycles. The Hall–Kier alpha value is -0.680. The first-order valence-corrected chi connectivity index (χ1v) is 5.86. The SMILES string of the molecule is OC(Cc1ccc(Cl)c(F)c1)C1COCCO1. The fourth-order valence-corrected chi connectivity index (χ4v) is 1.89. The van der Waals surface area contributed by atoms with Crippen molar-refractivity contribution in [2.45, 2.75) is 18.6 Å². The van der Waals surface area contributed by atoms with Crippen molar-refractivity contribution >= 4 is 11.6 Å². The van der Waals surface area contributed by atoms with Crippen molar-refractivity contribution in [3.8, 4) is 0 Å². The number of aliphatic hydroxyl groups excluding tert-OH is 1. The van der Waals surface area contributed by atoms with Gasteiger partial charge in [0.2, 0.25) is 0 Å². The fraction of sp³-hybridized carbons (Fsp3) is 0.500. The van der Waals surface area contributed by atoms with Crippen molar-refractivity contribution in [3.05, 3.63) is 34.6 Å². The second-order valence-electron chi connectivity index (χ2n) is 4.00. The number of halogens is 2. The van der Waals surface area contributed by atoms with E-state index in [1.54, 1.807) is 6.07 Å². The molecule has 2 unspecified atom stereocenters. The summed E-state index contributed by atoms with van der Waals surface area (Å²) < 4.78 is 23.8. The molecule has 1 fully saturated rings. The van der Waals surface area contributed by atoms with Crippen molar-refractivity contribution in [1.82, 2.24) is 0 Å². The zero-order chi connectivity index (χ0) is 12.3. The average molecular weight is 261 g/mol. The van der Waals surface area contributed by atoms with E-state index < -0.39 is 11.9 Å². The predicted molar refractivity (Wildman–Crippen MR) is 61.7 cm³/mol. The highest BCUT2D eigenvalue weighted by Gasteiger charge is 2.23. The van der Waals surface area contributed by atoms with Crippen LogP contribution in [0.2, 0.25) is 5.02 Å². The molecule has 0 amide bonds. The van der Waals surface area contributed by atoms with Gasteiger partial charge in [0, 0.05) is 6.42 Å². The smallest absolute Gasteiger partial charge is 0.142 e. The van der Waals surface area contributed by atoms with E-state index in [2.05, 4.69) is 0 Å². The van der Waals surface area contributed by atoms with Crippen LogP contribution < -0.4 is 0 Å². The first-order chi connectivity index (χ1) is 8.16. The van der Waals surface area contributed by atoms with E-state index in [-0.39, 0.29) is 11.1 Å². The van der Waals surface area contributed by atoms with Crippen LogP contribution >= 0.6 is 11.6 Å². The highest BCUT2D eigenvalue weighted by atomic mass is 35.5. The van der Waals surface area contributed by atoms with Gasteiger partial charge in [-0.25, -0.2) is 4.39 Å². The van der Waals surface area contributed by atoms with Crippen LogP contribution in [0.4, 0.5) is 4.39 Å². The summed E-state index contributed by atoms with van der Waals surface area (Å²) in [6.07, 6.45) is -0.722. The molecule has 17 heavy (non-hydrogen) atoms. The molecule has 1 heterocycles. The molecule has 2 rings (SSSR count). The van der Waals surface area contributed by atoms with Crippen LogP contribution in [0.15, 0.2) is 18.2 Å².